The molecule has 0 saturated carbocycles. The second-order valence-corrected chi connectivity index (χ2v) is 14.3. The van der Waals surface area contributed by atoms with Crippen LogP contribution in [0.15, 0.2) is 122 Å². The van der Waals surface area contributed by atoms with E-state index >= 15 is 0 Å². The summed E-state index contributed by atoms with van der Waals surface area (Å²) in [6, 6.07) is 32.7. The monoisotopic (exact) mass is 785 g/mol. The number of aromatic carboxylic acids is 1. The van der Waals surface area contributed by atoms with Crippen LogP contribution in [0, 0.1) is 0 Å². The maximum Gasteiger partial charge on any atom is 0.335 e. The zero-order valence-corrected chi connectivity index (χ0v) is 31.3. The molecule has 0 radical (unpaired) electrons. The minimum atomic E-state index is -1.04. The molecule has 1 atom stereocenters. The summed E-state index contributed by atoms with van der Waals surface area (Å²) in [5, 5.41) is 27.0. The van der Waals surface area contributed by atoms with Gasteiger partial charge in [0.2, 0.25) is 11.8 Å². The summed E-state index contributed by atoms with van der Waals surface area (Å²) in [6.45, 7) is 0.863. The van der Waals surface area contributed by atoms with Crippen molar-refractivity contribution in [1.29, 1.82) is 0 Å². The van der Waals surface area contributed by atoms with Gasteiger partial charge in [-0.15, -0.1) is 5.10 Å². The van der Waals surface area contributed by atoms with Gasteiger partial charge in [0, 0.05) is 48.7 Å². The lowest BCUT2D eigenvalue weighted by Crippen LogP contribution is -2.54. The number of fused-ring (bicyclic) bond motifs is 2. The van der Waals surface area contributed by atoms with Gasteiger partial charge in [-0.3, -0.25) is 33.8 Å². The lowest BCUT2D eigenvalue weighted by atomic mass is 10.0. The summed E-state index contributed by atoms with van der Waals surface area (Å²) in [5.74, 6) is -2.47. The Labute approximate surface area is 336 Å². The smallest absolute Gasteiger partial charge is 0.335 e. The Kier molecular flexibility index (Phi) is 9.45. The molecule has 15 nitrogen and oxygen atoms in total. The van der Waals surface area contributed by atoms with Crippen molar-refractivity contribution in [3.63, 3.8) is 0 Å². The Balaban J connectivity index is 0.885. The SMILES string of the molecule is O=C1CCC(N2C(=O)c3cccc(NCCc4cn(Cc5ccc(-c6nc7cc(-c8ccccc8)ccn7c6Nc6ccc(C(=O)O)cc6)cc5)nn4)c3C2=O)C(=O)N1. The fraction of sp³-hybridized carbons (Fsp3) is 0.136. The van der Waals surface area contributed by atoms with Gasteiger partial charge in [-0.05, 0) is 71.6 Å². The Hall–Kier alpha value is -7.94. The first-order chi connectivity index (χ1) is 28.7. The van der Waals surface area contributed by atoms with Crippen LogP contribution in [0.1, 0.15) is 55.2 Å². The number of benzene rings is 4. The molecule has 2 aliphatic rings. The van der Waals surface area contributed by atoms with Crippen molar-refractivity contribution in [2.45, 2.75) is 31.8 Å². The molecule has 9 rings (SSSR count). The van der Waals surface area contributed by atoms with E-state index in [1.807, 2.05) is 71.4 Å². The average molecular weight is 786 g/mol. The number of carbonyl (C=O) groups is 5. The number of carboxylic acid groups (broad SMARTS) is 1. The zero-order chi connectivity index (χ0) is 40.6. The number of carbonyl (C=O) groups excluding carboxylic acids is 4. The third-order valence-electron chi connectivity index (χ3n) is 10.5. The van der Waals surface area contributed by atoms with Crippen LogP contribution in [0.2, 0.25) is 0 Å². The number of pyridine rings is 1. The summed E-state index contributed by atoms with van der Waals surface area (Å²) in [5.41, 5.74) is 7.94. The van der Waals surface area contributed by atoms with Crippen molar-refractivity contribution in [3.8, 4) is 22.4 Å². The number of rotatable bonds is 12. The predicted molar refractivity (Wildman–Crippen MR) is 217 cm³/mol. The van der Waals surface area contributed by atoms with E-state index in [-0.39, 0.29) is 29.5 Å². The molecule has 1 fully saturated rings. The third kappa shape index (κ3) is 7.16. The van der Waals surface area contributed by atoms with Crippen molar-refractivity contribution < 1.29 is 29.1 Å². The summed E-state index contributed by atoms with van der Waals surface area (Å²) < 4.78 is 3.72. The highest BCUT2D eigenvalue weighted by Gasteiger charge is 2.45. The van der Waals surface area contributed by atoms with Gasteiger partial charge in [-0.1, -0.05) is 65.9 Å². The van der Waals surface area contributed by atoms with Crippen molar-refractivity contribution in [3.05, 3.63) is 150 Å². The van der Waals surface area contributed by atoms with E-state index in [2.05, 4.69) is 38.4 Å². The molecule has 15 heteroatoms. The highest BCUT2D eigenvalue weighted by Crippen LogP contribution is 2.34. The van der Waals surface area contributed by atoms with Gasteiger partial charge in [0.05, 0.1) is 28.9 Å². The van der Waals surface area contributed by atoms with Gasteiger partial charge in [0.15, 0.2) is 0 Å². The van der Waals surface area contributed by atoms with Crippen LogP contribution < -0.4 is 16.0 Å². The highest BCUT2D eigenvalue weighted by molar-refractivity contribution is 6.25. The van der Waals surface area contributed by atoms with E-state index in [4.69, 9.17) is 4.98 Å². The molecule has 1 saturated heterocycles. The van der Waals surface area contributed by atoms with E-state index < -0.39 is 35.6 Å². The Morgan fingerprint density at radius 3 is 2.41 bits per heavy atom. The normalized spacial score (nSPS) is 15.1. The summed E-state index contributed by atoms with van der Waals surface area (Å²) in [6.07, 6.45) is 4.45. The second-order valence-electron chi connectivity index (χ2n) is 14.3. The molecule has 4 N–H and O–H groups in total. The molecule has 4 amide bonds. The van der Waals surface area contributed by atoms with E-state index in [1.54, 1.807) is 47.1 Å². The fourth-order valence-corrected chi connectivity index (χ4v) is 7.48. The second kappa shape index (κ2) is 15.2. The van der Waals surface area contributed by atoms with Gasteiger partial charge < -0.3 is 15.7 Å². The average Bonchev–Trinajstić information content (AvgIpc) is 3.92. The molecule has 7 aromatic rings. The van der Waals surface area contributed by atoms with Gasteiger partial charge in [0.25, 0.3) is 11.8 Å². The van der Waals surface area contributed by atoms with Crippen molar-refractivity contribution in [2.75, 3.05) is 17.2 Å². The standard InChI is InChI=1S/C44H35N9O6/c54-37-18-17-35(41(55)48-37)53-42(56)33-7-4-8-34(38(33)43(53)57)45-21-19-32-25-51(50-49-32)24-26-9-11-28(12-10-26)39-40(46-31-15-13-29(14-16-31)44(58)59)52-22-20-30(23-36(52)47-39)27-5-2-1-3-6-27/h1-16,20,22-23,25,35,45-46H,17-19,21,24H2,(H,58,59)(H,48,54,55). The molecule has 5 heterocycles. The van der Waals surface area contributed by atoms with E-state index in [1.165, 1.54) is 0 Å². The molecular formula is C44H35N9O6. The van der Waals surface area contributed by atoms with Gasteiger partial charge in [0.1, 0.15) is 23.2 Å². The molecule has 0 spiro atoms. The molecule has 0 aliphatic carbocycles. The first kappa shape index (κ1) is 36.7. The maximum absolute atomic E-state index is 13.4. The predicted octanol–water partition coefficient (Wildman–Crippen LogP) is 5.81. The lowest BCUT2D eigenvalue weighted by molar-refractivity contribution is -0.136. The first-order valence-corrected chi connectivity index (χ1v) is 18.9. The Morgan fingerprint density at radius 2 is 1.64 bits per heavy atom. The van der Waals surface area contributed by atoms with Crippen LogP contribution in [-0.4, -0.2) is 76.6 Å². The third-order valence-corrected chi connectivity index (χ3v) is 10.5. The van der Waals surface area contributed by atoms with Crippen molar-refractivity contribution in [1.82, 2.24) is 34.6 Å². The van der Waals surface area contributed by atoms with Crippen molar-refractivity contribution >= 4 is 52.4 Å². The highest BCUT2D eigenvalue weighted by atomic mass is 16.4. The number of hydrogen-bond acceptors (Lipinski definition) is 10. The quantitative estimate of drug-likeness (QED) is 0.109. The minimum Gasteiger partial charge on any atom is -0.478 e. The number of amides is 4. The van der Waals surface area contributed by atoms with Crippen LogP contribution in [0.25, 0.3) is 28.0 Å². The van der Waals surface area contributed by atoms with Crippen LogP contribution >= 0.6 is 0 Å². The topological polar surface area (TPSA) is 193 Å². The summed E-state index contributed by atoms with van der Waals surface area (Å²) in [7, 11) is 0. The molecule has 4 aromatic carbocycles. The lowest BCUT2D eigenvalue weighted by Gasteiger charge is -2.27. The number of hydrogen-bond donors (Lipinski definition) is 4. The minimum absolute atomic E-state index is 0.0502. The number of nitrogens with zero attached hydrogens (tertiary/aromatic N) is 6. The van der Waals surface area contributed by atoms with Gasteiger partial charge >= 0.3 is 5.97 Å². The van der Waals surface area contributed by atoms with E-state index in [9.17, 15) is 29.1 Å². The van der Waals surface area contributed by atoms with Gasteiger partial charge in [-0.2, -0.15) is 0 Å². The first-order valence-electron chi connectivity index (χ1n) is 18.9. The number of imidazole rings is 1. The van der Waals surface area contributed by atoms with Gasteiger partial charge in [-0.25, -0.2) is 14.5 Å². The number of nitrogens with one attached hydrogen (secondary N) is 3. The largest absolute Gasteiger partial charge is 0.478 e. The van der Waals surface area contributed by atoms with Crippen LogP contribution in [0.3, 0.4) is 0 Å². The molecule has 3 aromatic heterocycles. The Morgan fingerprint density at radius 1 is 0.847 bits per heavy atom. The number of imide groups is 2. The van der Waals surface area contributed by atoms with Crippen molar-refractivity contribution in [2.24, 2.45) is 0 Å². The van der Waals surface area contributed by atoms with Crippen LogP contribution in [0.5, 0.6) is 0 Å². The molecule has 2 aliphatic heterocycles. The van der Waals surface area contributed by atoms with Crippen LogP contribution in [0.4, 0.5) is 17.2 Å². The summed E-state index contributed by atoms with van der Waals surface area (Å²) >= 11 is 0. The summed E-state index contributed by atoms with van der Waals surface area (Å²) in [4.78, 5) is 68.2. The van der Waals surface area contributed by atoms with E-state index in [0.717, 1.165) is 50.0 Å². The zero-order valence-electron chi connectivity index (χ0n) is 31.3. The molecular weight excluding hydrogens is 751 g/mol. The van der Waals surface area contributed by atoms with Crippen LogP contribution in [-0.2, 0) is 22.6 Å². The molecule has 292 valence electrons. The van der Waals surface area contributed by atoms with E-state index in [0.29, 0.717) is 30.9 Å². The number of carboxylic acids is 1. The number of piperidine rings is 1. The maximum atomic E-state index is 13.4. The fourth-order valence-electron chi connectivity index (χ4n) is 7.48. The number of anilines is 3. The molecule has 0 bridgehead atoms. The molecule has 1 unspecified atom stereocenters. The molecule has 59 heavy (non-hydrogen) atoms. The number of aromatic nitrogens is 5. The Bertz CT molecular complexity index is 2800.